The third-order valence-electron chi connectivity index (χ3n) is 2.92. The zero-order valence-electron chi connectivity index (χ0n) is 12.4. The topological polar surface area (TPSA) is 36.4 Å². The number of hydrogen-bond acceptors (Lipinski definition) is 1. The number of halogens is 2. The van der Waals surface area contributed by atoms with Gasteiger partial charge in [0.1, 0.15) is 0 Å². The van der Waals surface area contributed by atoms with Gasteiger partial charge in [0.2, 0.25) is 0 Å². The first-order valence-corrected chi connectivity index (χ1v) is 7.32. The van der Waals surface area contributed by atoms with Crippen molar-refractivity contribution < 1.29 is 0 Å². The number of nitrogens with one attached hydrogen (secondary N) is 2. The molecule has 2 N–H and O–H groups in total. The van der Waals surface area contributed by atoms with Gasteiger partial charge in [-0.1, -0.05) is 30.7 Å². The minimum atomic E-state index is 0. The molecule has 1 aromatic rings. The SMILES string of the molecule is CCNC(=NCCc1ccc(Cl)cc1)NC(C)CC.I. The van der Waals surface area contributed by atoms with Crippen LogP contribution < -0.4 is 10.6 Å². The summed E-state index contributed by atoms with van der Waals surface area (Å²) in [5.41, 5.74) is 1.26. The highest BCUT2D eigenvalue weighted by molar-refractivity contribution is 14.0. The minimum absolute atomic E-state index is 0. The van der Waals surface area contributed by atoms with Crippen molar-refractivity contribution in [1.82, 2.24) is 10.6 Å². The van der Waals surface area contributed by atoms with Gasteiger partial charge in [0.25, 0.3) is 0 Å². The lowest BCUT2D eigenvalue weighted by molar-refractivity contribution is 0.624. The van der Waals surface area contributed by atoms with Crippen LogP contribution in [-0.4, -0.2) is 25.1 Å². The Labute approximate surface area is 144 Å². The van der Waals surface area contributed by atoms with E-state index in [0.29, 0.717) is 6.04 Å². The fraction of sp³-hybridized carbons (Fsp3) is 0.533. The number of guanidine groups is 1. The van der Waals surface area contributed by atoms with Gasteiger partial charge in [0, 0.05) is 24.2 Å². The molecule has 1 atom stereocenters. The lowest BCUT2D eigenvalue weighted by Gasteiger charge is -2.16. The van der Waals surface area contributed by atoms with E-state index in [4.69, 9.17) is 11.6 Å². The Balaban J connectivity index is 0.00000361. The molecular formula is C15H25ClIN3. The van der Waals surface area contributed by atoms with Crippen molar-refractivity contribution in [3.8, 4) is 0 Å². The van der Waals surface area contributed by atoms with E-state index in [0.717, 1.165) is 36.9 Å². The van der Waals surface area contributed by atoms with Gasteiger partial charge in [0.05, 0.1) is 0 Å². The number of hydrogen-bond donors (Lipinski definition) is 2. The van der Waals surface area contributed by atoms with Crippen molar-refractivity contribution in [2.24, 2.45) is 4.99 Å². The maximum Gasteiger partial charge on any atom is 0.191 e. The van der Waals surface area contributed by atoms with Crippen molar-refractivity contribution in [3.63, 3.8) is 0 Å². The minimum Gasteiger partial charge on any atom is -0.357 e. The molecule has 3 nitrogen and oxygen atoms in total. The Morgan fingerprint density at radius 2 is 1.90 bits per heavy atom. The van der Waals surface area contributed by atoms with Gasteiger partial charge in [0.15, 0.2) is 5.96 Å². The molecule has 0 aromatic heterocycles. The molecule has 0 bridgehead atoms. The predicted octanol–water partition coefficient (Wildman–Crippen LogP) is 3.85. The van der Waals surface area contributed by atoms with Crippen LogP contribution in [0.15, 0.2) is 29.3 Å². The molecule has 0 spiro atoms. The zero-order valence-corrected chi connectivity index (χ0v) is 15.5. The number of aliphatic imine (C=N–C) groups is 1. The second-order valence-corrected chi connectivity index (χ2v) is 5.03. The van der Waals surface area contributed by atoms with E-state index in [1.165, 1.54) is 5.56 Å². The second kappa shape index (κ2) is 11.2. The lowest BCUT2D eigenvalue weighted by atomic mass is 10.1. The van der Waals surface area contributed by atoms with Gasteiger partial charge in [-0.2, -0.15) is 0 Å². The van der Waals surface area contributed by atoms with Gasteiger partial charge < -0.3 is 10.6 Å². The molecule has 0 fully saturated rings. The lowest BCUT2D eigenvalue weighted by Crippen LogP contribution is -2.42. The van der Waals surface area contributed by atoms with Crippen molar-refractivity contribution in [2.75, 3.05) is 13.1 Å². The summed E-state index contributed by atoms with van der Waals surface area (Å²) in [6.45, 7) is 8.05. The van der Waals surface area contributed by atoms with E-state index < -0.39 is 0 Å². The Bertz CT molecular complexity index is 393. The second-order valence-electron chi connectivity index (χ2n) is 4.59. The van der Waals surface area contributed by atoms with Crippen molar-refractivity contribution in [2.45, 2.75) is 39.7 Å². The van der Waals surface area contributed by atoms with Crippen LogP contribution in [0.1, 0.15) is 32.8 Å². The monoisotopic (exact) mass is 409 g/mol. The Morgan fingerprint density at radius 1 is 1.25 bits per heavy atom. The molecule has 1 aromatic carbocycles. The largest absolute Gasteiger partial charge is 0.357 e. The highest BCUT2D eigenvalue weighted by Gasteiger charge is 2.01. The number of rotatable bonds is 6. The van der Waals surface area contributed by atoms with Crippen LogP contribution >= 0.6 is 35.6 Å². The van der Waals surface area contributed by atoms with Crippen LogP contribution in [0.5, 0.6) is 0 Å². The number of nitrogens with zero attached hydrogens (tertiary/aromatic N) is 1. The summed E-state index contributed by atoms with van der Waals surface area (Å²) in [4.78, 5) is 4.58. The van der Waals surface area contributed by atoms with Crippen LogP contribution in [0.2, 0.25) is 5.02 Å². The first kappa shape index (κ1) is 19.5. The normalized spacial score (nSPS) is 12.5. The quantitative estimate of drug-likeness (QED) is 0.425. The van der Waals surface area contributed by atoms with Gasteiger partial charge in [-0.05, 0) is 44.4 Å². The smallest absolute Gasteiger partial charge is 0.191 e. The summed E-state index contributed by atoms with van der Waals surface area (Å²) < 4.78 is 0. The average Bonchev–Trinajstić information content (AvgIpc) is 2.41. The maximum absolute atomic E-state index is 5.86. The molecule has 0 aliphatic carbocycles. The zero-order chi connectivity index (χ0) is 14.1. The highest BCUT2D eigenvalue weighted by Crippen LogP contribution is 2.09. The Hall–Kier alpha value is -0.490. The summed E-state index contributed by atoms with van der Waals surface area (Å²) in [6, 6.07) is 8.37. The van der Waals surface area contributed by atoms with Crippen LogP contribution in [0.4, 0.5) is 0 Å². The summed E-state index contributed by atoms with van der Waals surface area (Å²) in [7, 11) is 0. The first-order valence-electron chi connectivity index (χ1n) is 6.95. The first-order chi connectivity index (χ1) is 9.15. The molecule has 0 saturated heterocycles. The highest BCUT2D eigenvalue weighted by atomic mass is 127. The molecule has 0 heterocycles. The van der Waals surface area contributed by atoms with E-state index in [9.17, 15) is 0 Å². The molecule has 0 aliphatic heterocycles. The van der Waals surface area contributed by atoms with Gasteiger partial charge in [-0.15, -0.1) is 24.0 Å². The fourth-order valence-electron chi connectivity index (χ4n) is 1.60. The molecule has 0 amide bonds. The van der Waals surface area contributed by atoms with Crippen molar-refractivity contribution in [1.29, 1.82) is 0 Å². The van der Waals surface area contributed by atoms with Crippen LogP contribution in [0, 0.1) is 0 Å². The summed E-state index contributed by atoms with van der Waals surface area (Å²) in [6.07, 6.45) is 2.01. The van der Waals surface area contributed by atoms with E-state index in [-0.39, 0.29) is 24.0 Å². The summed E-state index contributed by atoms with van der Waals surface area (Å²) in [5, 5.41) is 7.42. The van der Waals surface area contributed by atoms with Crippen molar-refractivity contribution in [3.05, 3.63) is 34.9 Å². The maximum atomic E-state index is 5.86. The van der Waals surface area contributed by atoms with Crippen LogP contribution in [0.25, 0.3) is 0 Å². The van der Waals surface area contributed by atoms with Gasteiger partial charge in [-0.25, -0.2) is 0 Å². The summed E-state index contributed by atoms with van der Waals surface area (Å²) in [5.74, 6) is 0.894. The fourth-order valence-corrected chi connectivity index (χ4v) is 1.73. The molecule has 5 heteroatoms. The Kier molecular flexibility index (Phi) is 10.9. The molecule has 1 unspecified atom stereocenters. The molecule has 0 saturated carbocycles. The molecular weight excluding hydrogens is 385 g/mol. The van der Waals surface area contributed by atoms with E-state index in [2.05, 4.69) is 36.4 Å². The third-order valence-corrected chi connectivity index (χ3v) is 3.18. The summed E-state index contributed by atoms with van der Waals surface area (Å²) >= 11 is 5.86. The molecule has 0 radical (unpaired) electrons. The average molecular weight is 410 g/mol. The van der Waals surface area contributed by atoms with E-state index in [1.807, 2.05) is 24.3 Å². The van der Waals surface area contributed by atoms with E-state index >= 15 is 0 Å². The molecule has 20 heavy (non-hydrogen) atoms. The van der Waals surface area contributed by atoms with Gasteiger partial charge in [-0.3, -0.25) is 4.99 Å². The third kappa shape index (κ3) is 7.94. The standard InChI is InChI=1S/C15H24ClN3.HI/c1-4-12(3)19-15(17-5-2)18-11-10-13-6-8-14(16)9-7-13;/h6-9,12H,4-5,10-11H2,1-3H3,(H2,17,18,19);1H. The Morgan fingerprint density at radius 3 is 2.45 bits per heavy atom. The van der Waals surface area contributed by atoms with Crippen LogP contribution in [0.3, 0.4) is 0 Å². The van der Waals surface area contributed by atoms with Gasteiger partial charge >= 0.3 is 0 Å². The molecule has 0 aliphatic rings. The number of benzene rings is 1. The molecule has 1 rings (SSSR count). The predicted molar refractivity (Wildman–Crippen MR) is 99.4 cm³/mol. The van der Waals surface area contributed by atoms with E-state index in [1.54, 1.807) is 0 Å². The van der Waals surface area contributed by atoms with Crippen LogP contribution in [-0.2, 0) is 6.42 Å². The molecule has 114 valence electrons. The van der Waals surface area contributed by atoms with Crippen molar-refractivity contribution >= 4 is 41.5 Å².